The number of nitrogens with zero attached hydrogens (tertiary/aromatic N) is 4. The molecule has 43 heavy (non-hydrogen) atoms. The Labute approximate surface area is 248 Å². The van der Waals surface area contributed by atoms with E-state index in [-0.39, 0.29) is 39.3 Å². The molecule has 1 aliphatic rings. The largest absolute Gasteiger partial charge is 0.465 e. The molecular weight excluding hydrogens is 593 g/mol. The van der Waals surface area contributed by atoms with Gasteiger partial charge in [-0.3, -0.25) is 19.8 Å². The maximum atomic E-state index is 16.0. The third kappa shape index (κ3) is 6.20. The van der Waals surface area contributed by atoms with E-state index < -0.39 is 59.8 Å². The number of nitrogens with one attached hydrogen (secondary N) is 1. The maximum absolute atomic E-state index is 16.0. The van der Waals surface area contributed by atoms with Crippen molar-refractivity contribution in [2.75, 3.05) is 6.61 Å². The lowest BCUT2D eigenvalue weighted by Crippen LogP contribution is -2.49. The maximum Gasteiger partial charge on any atom is 0.411 e. The molecule has 0 bridgehead atoms. The highest BCUT2D eigenvalue weighted by Crippen LogP contribution is 2.46. The molecule has 3 aromatic rings. The number of alkyl halides is 2. The van der Waals surface area contributed by atoms with Gasteiger partial charge in [-0.1, -0.05) is 50.6 Å². The summed E-state index contributed by atoms with van der Waals surface area (Å²) in [6.45, 7) is 1.67. The van der Waals surface area contributed by atoms with Crippen LogP contribution in [0, 0.1) is 11.2 Å². The van der Waals surface area contributed by atoms with E-state index >= 15 is 4.39 Å². The number of guanidine groups is 1. The smallest absolute Gasteiger partial charge is 0.411 e. The van der Waals surface area contributed by atoms with Crippen LogP contribution in [0.4, 0.5) is 18.0 Å². The molecule has 0 unspecified atom stereocenters. The normalized spacial score (nSPS) is 17.7. The molecule has 5 N–H and O–H groups in total. The molecule has 2 aromatic carbocycles. The molecule has 1 aromatic heterocycles. The molecule has 228 valence electrons. The Morgan fingerprint density at radius 3 is 2.40 bits per heavy atom. The Morgan fingerprint density at radius 1 is 1.16 bits per heavy atom. The molecule has 3 amide bonds. The van der Waals surface area contributed by atoms with Crippen molar-refractivity contribution in [2.45, 2.75) is 45.3 Å². The lowest BCUT2D eigenvalue weighted by Gasteiger charge is -2.34. The number of amides is 3. The van der Waals surface area contributed by atoms with Gasteiger partial charge in [0.1, 0.15) is 5.82 Å². The lowest BCUT2D eigenvalue weighted by molar-refractivity contribution is -0.135. The minimum atomic E-state index is -2.90. The van der Waals surface area contributed by atoms with Gasteiger partial charge in [0.25, 0.3) is 5.91 Å². The molecule has 0 spiro atoms. The number of aliphatic imine (C=N–C) groups is 1. The summed E-state index contributed by atoms with van der Waals surface area (Å²) in [5, 5.41) is 25.7. The zero-order valence-electron chi connectivity index (χ0n) is 23.2. The van der Waals surface area contributed by atoms with Crippen molar-refractivity contribution in [3.05, 3.63) is 76.3 Å². The fourth-order valence-electron chi connectivity index (χ4n) is 5.10. The number of carbonyl (C=O) groups is 3. The molecule has 0 aliphatic carbocycles. The van der Waals surface area contributed by atoms with E-state index in [1.807, 2.05) is 0 Å². The van der Waals surface area contributed by atoms with Gasteiger partial charge in [-0.2, -0.15) is 13.9 Å². The highest BCUT2D eigenvalue weighted by atomic mass is 35.5. The fourth-order valence-corrected chi connectivity index (χ4v) is 5.31. The Balaban J connectivity index is 1.89. The monoisotopic (exact) mass is 620 g/mol. The molecule has 1 aliphatic heterocycles. The molecule has 0 fully saturated rings. The summed E-state index contributed by atoms with van der Waals surface area (Å²) in [7, 11) is 0. The molecule has 0 saturated carbocycles. The first-order valence-electron chi connectivity index (χ1n) is 12.8. The van der Waals surface area contributed by atoms with Crippen LogP contribution in [0.3, 0.4) is 0 Å². The number of nitrogens with two attached hydrogens (primary N) is 1. The first-order valence-corrected chi connectivity index (χ1v) is 13.2. The van der Waals surface area contributed by atoms with Crippen molar-refractivity contribution < 1.29 is 37.8 Å². The van der Waals surface area contributed by atoms with Crippen LogP contribution in [-0.4, -0.2) is 55.4 Å². The van der Waals surface area contributed by atoms with Crippen molar-refractivity contribution in [3.63, 3.8) is 0 Å². The zero-order chi connectivity index (χ0) is 31.9. The number of hydrogen-bond acceptors (Lipinski definition) is 6. The second-order valence-electron chi connectivity index (χ2n) is 11.1. The van der Waals surface area contributed by atoms with Crippen molar-refractivity contribution in [2.24, 2.45) is 16.1 Å². The minimum absolute atomic E-state index is 0.0153. The van der Waals surface area contributed by atoms with Crippen LogP contribution in [0.5, 0.6) is 0 Å². The number of benzene rings is 2. The summed E-state index contributed by atoms with van der Waals surface area (Å²) in [6, 6.07) is 6.45. The van der Waals surface area contributed by atoms with Crippen molar-refractivity contribution >= 4 is 35.5 Å². The van der Waals surface area contributed by atoms with Crippen molar-refractivity contribution in [3.8, 4) is 11.1 Å². The van der Waals surface area contributed by atoms with Gasteiger partial charge in [-0.25, -0.2) is 18.9 Å². The summed E-state index contributed by atoms with van der Waals surface area (Å²) >= 11 is 6.07. The van der Waals surface area contributed by atoms with Gasteiger partial charge in [-0.15, -0.1) is 0 Å². The van der Waals surface area contributed by atoms with Gasteiger partial charge < -0.3 is 15.9 Å². The molecule has 4 rings (SSSR count). The third-order valence-corrected chi connectivity index (χ3v) is 7.11. The molecule has 0 saturated heterocycles. The molecule has 0 radical (unpaired) electrons. The Kier molecular flexibility index (Phi) is 8.56. The molecule has 2 atom stereocenters. The number of carboxylic acid groups (broad SMARTS) is 1. The number of hydrogen-bond donors (Lipinski definition) is 4. The van der Waals surface area contributed by atoms with Crippen molar-refractivity contribution in [1.29, 1.82) is 0 Å². The zero-order valence-corrected chi connectivity index (χ0v) is 23.9. The van der Waals surface area contributed by atoms with Gasteiger partial charge in [0, 0.05) is 17.3 Å². The van der Waals surface area contributed by atoms with Gasteiger partial charge in [0.05, 0.1) is 29.4 Å². The van der Waals surface area contributed by atoms with Gasteiger partial charge in [0.2, 0.25) is 11.9 Å². The fraction of sp³-hybridized carbons (Fsp3) is 0.321. The highest BCUT2D eigenvalue weighted by Gasteiger charge is 2.55. The van der Waals surface area contributed by atoms with E-state index in [1.165, 1.54) is 30.3 Å². The molecule has 15 heteroatoms. The summed E-state index contributed by atoms with van der Waals surface area (Å²) in [5.74, 6) is -3.14. The summed E-state index contributed by atoms with van der Waals surface area (Å²) in [5.41, 5.74) is 2.96. The van der Waals surface area contributed by atoms with E-state index in [1.54, 1.807) is 20.8 Å². The first kappa shape index (κ1) is 31.5. The Bertz CT molecular complexity index is 1620. The second kappa shape index (κ2) is 11.7. The van der Waals surface area contributed by atoms with Gasteiger partial charge in [-0.05, 0) is 41.2 Å². The first-order chi connectivity index (χ1) is 20.1. The van der Waals surface area contributed by atoms with Crippen LogP contribution < -0.4 is 11.1 Å². The topological polar surface area (TPSA) is 163 Å². The number of aliphatic hydroxyl groups excluding tert-OH is 1. The summed E-state index contributed by atoms with van der Waals surface area (Å²) < 4.78 is 42.5. The minimum Gasteiger partial charge on any atom is -0.465 e. The van der Waals surface area contributed by atoms with Gasteiger partial charge >= 0.3 is 12.6 Å². The lowest BCUT2D eigenvalue weighted by atomic mass is 9.75. The Hall–Kier alpha value is -4.43. The average Bonchev–Trinajstić information content (AvgIpc) is 3.49. The number of aliphatic hydroxyl groups is 1. The standard InChI is InChI=1S/C28H28ClF3N6O5/c1-27(2,3)13-28(18-6-4-14(9-20(18)30)16-10-34-37(11-16)24(31)32)23(41)38(25(36-28)35-26(42)43)21(12-39)15-5-7-19(29)17(8-15)22(33)40/h4-11,21,24,39H,12-13H2,1-3H3,(H2,33,40)(H,35,36)(H,42,43)/t21-,28-/m1/s1. The quantitative estimate of drug-likeness (QED) is 0.286. The van der Waals surface area contributed by atoms with Crippen LogP contribution in [0.15, 0.2) is 53.8 Å². The van der Waals surface area contributed by atoms with Crippen LogP contribution >= 0.6 is 11.6 Å². The number of halogens is 4. The van der Waals surface area contributed by atoms with Crippen LogP contribution in [0.2, 0.25) is 5.02 Å². The summed E-state index contributed by atoms with van der Waals surface area (Å²) in [4.78, 5) is 43.5. The van der Waals surface area contributed by atoms with E-state index in [0.29, 0.717) is 4.68 Å². The molecule has 11 nitrogen and oxygen atoms in total. The molecule has 2 heterocycles. The van der Waals surface area contributed by atoms with Crippen LogP contribution in [-0.2, 0) is 10.3 Å². The van der Waals surface area contributed by atoms with E-state index in [4.69, 9.17) is 17.3 Å². The number of primary amides is 1. The Morgan fingerprint density at radius 2 is 1.86 bits per heavy atom. The van der Waals surface area contributed by atoms with E-state index in [9.17, 15) is 33.4 Å². The van der Waals surface area contributed by atoms with E-state index in [2.05, 4.69) is 15.4 Å². The number of aromatic nitrogens is 2. The predicted molar refractivity (Wildman–Crippen MR) is 150 cm³/mol. The third-order valence-electron chi connectivity index (χ3n) is 6.78. The highest BCUT2D eigenvalue weighted by molar-refractivity contribution is 6.33. The second-order valence-corrected chi connectivity index (χ2v) is 11.5. The van der Waals surface area contributed by atoms with Gasteiger partial charge in [0.15, 0.2) is 5.54 Å². The SMILES string of the molecule is CC(C)(C)C[C@]1(c2ccc(-c3cnn(C(F)F)c3)cc2F)N=C(NC(=O)O)N([C@H](CO)c2ccc(Cl)c(C(N)=O)c2)C1=O. The number of carbonyl (C=O) groups excluding carboxylic acids is 2. The van der Waals surface area contributed by atoms with Crippen LogP contribution in [0.25, 0.3) is 11.1 Å². The molecular formula is C28H28ClF3N6O5. The average molecular weight is 621 g/mol. The summed E-state index contributed by atoms with van der Waals surface area (Å²) in [6.07, 6.45) is 0.489. The van der Waals surface area contributed by atoms with E-state index in [0.717, 1.165) is 23.4 Å². The number of rotatable bonds is 8. The van der Waals surface area contributed by atoms with Crippen molar-refractivity contribution in [1.82, 2.24) is 20.0 Å². The van der Waals surface area contributed by atoms with Crippen LogP contribution in [0.1, 0.15) is 61.3 Å². The predicted octanol–water partition coefficient (Wildman–Crippen LogP) is 4.67.